The van der Waals surface area contributed by atoms with Crippen LogP contribution in [0.3, 0.4) is 0 Å². The number of thioether (sulfide) groups is 1. The van der Waals surface area contributed by atoms with E-state index in [9.17, 15) is 4.79 Å². The second-order valence-corrected chi connectivity index (χ2v) is 5.14. The Labute approximate surface area is 119 Å². The molecule has 1 rings (SSSR count). The molecule has 0 fully saturated rings. The van der Waals surface area contributed by atoms with Crippen LogP contribution in [0.4, 0.5) is 0 Å². The van der Waals surface area contributed by atoms with Gasteiger partial charge in [-0.25, -0.2) is 0 Å². The number of carbonyl (C=O) groups excluding carboxylic acids is 1. The molecule has 0 atom stereocenters. The Morgan fingerprint density at radius 2 is 2.21 bits per heavy atom. The molecule has 0 spiro atoms. The highest BCUT2D eigenvalue weighted by Gasteiger charge is 2.14. The molecule has 4 heteroatoms. The van der Waals surface area contributed by atoms with Gasteiger partial charge in [0.2, 0.25) is 0 Å². The van der Waals surface area contributed by atoms with Crippen molar-refractivity contribution in [2.75, 3.05) is 32.2 Å². The number of nitrogens with zero attached hydrogens (tertiary/aromatic N) is 1. The zero-order valence-electron chi connectivity index (χ0n) is 11.6. The Bertz CT molecular complexity index is 503. The maximum absolute atomic E-state index is 12.3. The van der Waals surface area contributed by atoms with Crippen molar-refractivity contribution >= 4 is 17.7 Å². The molecule has 1 aromatic carbocycles. The summed E-state index contributed by atoms with van der Waals surface area (Å²) in [6.07, 6.45) is 2.02. The van der Waals surface area contributed by atoms with Gasteiger partial charge >= 0.3 is 0 Å². The molecule has 0 unspecified atom stereocenters. The van der Waals surface area contributed by atoms with Crippen molar-refractivity contribution < 1.29 is 9.90 Å². The summed E-state index contributed by atoms with van der Waals surface area (Å²) in [5.74, 6) is 6.41. The molecular formula is C15H19NO2S. The summed E-state index contributed by atoms with van der Waals surface area (Å²) in [5, 5.41) is 8.73. The van der Waals surface area contributed by atoms with Crippen molar-refractivity contribution in [1.82, 2.24) is 4.90 Å². The Balaban J connectivity index is 2.97. The highest BCUT2D eigenvalue weighted by atomic mass is 32.2. The average Bonchev–Trinajstić information content (AvgIpc) is 2.43. The molecule has 0 aliphatic rings. The third-order valence-corrected chi connectivity index (χ3v) is 3.43. The van der Waals surface area contributed by atoms with Gasteiger partial charge in [-0.1, -0.05) is 17.9 Å². The molecule has 0 aliphatic carbocycles. The summed E-state index contributed by atoms with van der Waals surface area (Å²) in [5.41, 5.74) is 2.33. The van der Waals surface area contributed by atoms with Crippen molar-refractivity contribution in [2.24, 2.45) is 0 Å². The van der Waals surface area contributed by atoms with Crippen LogP contribution in [0, 0.1) is 18.8 Å². The van der Waals surface area contributed by atoms with E-state index in [-0.39, 0.29) is 12.5 Å². The van der Waals surface area contributed by atoms with Gasteiger partial charge < -0.3 is 10.0 Å². The lowest BCUT2D eigenvalue weighted by Crippen LogP contribution is -2.29. The molecule has 3 nitrogen and oxygen atoms in total. The number of amides is 1. The number of aliphatic hydroxyl groups excluding tert-OH is 1. The van der Waals surface area contributed by atoms with Crippen LogP contribution in [0.2, 0.25) is 0 Å². The molecule has 0 radical (unpaired) electrons. The van der Waals surface area contributed by atoms with Crippen LogP contribution in [-0.2, 0) is 0 Å². The minimum Gasteiger partial charge on any atom is -0.384 e. The first-order valence-electron chi connectivity index (χ1n) is 6.05. The molecule has 1 N–H and O–H groups in total. The summed E-state index contributed by atoms with van der Waals surface area (Å²) >= 11 is 1.72. The first-order valence-corrected chi connectivity index (χ1v) is 7.45. The molecular weight excluding hydrogens is 258 g/mol. The van der Waals surface area contributed by atoms with Gasteiger partial charge in [0.25, 0.3) is 5.91 Å². The zero-order chi connectivity index (χ0) is 14.3. The number of hydrogen-bond acceptors (Lipinski definition) is 3. The molecule has 0 bridgehead atoms. The van der Waals surface area contributed by atoms with E-state index >= 15 is 0 Å². The molecule has 1 amide bonds. The van der Waals surface area contributed by atoms with Crippen molar-refractivity contribution in [3.05, 3.63) is 34.9 Å². The smallest absolute Gasteiger partial charge is 0.253 e. The predicted molar refractivity (Wildman–Crippen MR) is 80.5 cm³/mol. The lowest BCUT2D eigenvalue weighted by Gasteiger charge is -2.18. The van der Waals surface area contributed by atoms with Crippen molar-refractivity contribution in [2.45, 2.75) is 6.92 Å². The molecule has 0 aromatic heterocycles. The Morgan fingerprint density at radius 3 is 2.84 bits per heavy atom. The molecule has 0 aliphatic heterocycles. The van der Waals surface area contributed by atoms with E-state index in [0.29, 0.717) is 5.56 Å². The lowest BCUT2D eigenvalue weighted by molar-refractivity contribution is 0.0803. The predicted octanol–water partition coefficient (Wildman–Crippen LogP) is 1.77. The van der Waals surface area contributed by atoms with Gasteiger partial charge in [-0.15, -0.1) is 0 Å². The van der Waals surface area contributed by atoms with Crippen LogP contribution in [0.15, 0.2) is 18.2 Å². The van der Waals surface area contributed by atoms with E-state index in [1.54, 1.807) is 16.7 Å². The number of carbonyl (C=O) groups is 1. The van der Waals surface area contributed by atoms with Crippen molar-refractivity contribution in [3.63, 3.8) is 0 Å². The van der Waals surface area contributed by atoms with Crippen LogP contribution < -0.4 is 0 Å². The van der Waals surface area contributed by atoms with E-state index in [1.165, 1.54) is 0 Å². The van der Waals surface area contributed by atoms with Crippen molar-refractivity contribution in [1.29, 1.82) is 0 Å². The summed E-state index contributed by atoms with van der Waals surface area (Å²) < 4.78 is 0. The SMILES string of the molecule is CSCCN(C)C(=O)c1cccc(C#CCO)c1C. The minimum absolute atomic E-state index is 0.0131. The van der Waals surface area contributed by atoms with E-state index in [1.807, 2.05) is 38.4 Å². The Kier molecular flexibility index (Phi) is 6.48. The fraction of sp³-hybridized carbons (Fsp3) is 0.400. The highest BCUT2D eigenvalue weighted by Crippen LogP contribution is 2.15. The fourth-order valence-corrected chi connectivity index (χ4v) is 2.13. The number of aliphatic hydroxyl groups is 1. The van der Waals surface area contributed by atoms with Gasteiger partial charge in [0, 0.05) is 30.5 Å². The number of benzene rings is 1. The molecule has 19 heavy (non-hydrogen) atoms. The monoisotopic (exact) mass is 277 g/mol. The molecule has 102 valence electrons. The summed E-state index contributed by atoms with van der Waals surface area (Å²) in [4.78, 5) is 14.0. The van der Waals surface area contributed by atoms with Gasteiger partial charge in [-0.3, -0.25) is 4.79 Å². The van der Waals surface area contributed by atoms with E-state index in [0.717, 1.165) is 23.4 Å². The Hall–Kier alpha value is -1.44. The van der Waals surface area contributed by atoms with Gasteiger partial charge in [0.15, 0.2) is 0 Å². The summed E-state index contributed by atoms with van der Waals surface area (Å²) in [7, 11) is 1.81. The number of hydrogen-bond donors (Lipinski definition) is 1. The quantitative estimate of drug-likeness (QED) is 0.853. The third-order valence-electron chi connectivity index (χ3n) is 2.84. The second-order valence-electron chi connectivity index (χ2n) is 4.16. The van der Waals surface area contributed by atoms with Crippen LogP contribution in [-0.4, -0.2) is 48.1 Å². The second kappa shape index (κ2) is 7.88. The molecule has 1 aromatic rings. The van der Waals surface area contributed by atoms with Crippen LogP contribution in [0.1, 0.15) is 21.5 Å². The first kappa shape index (κ1) is 15.6. The maximum Gasteiger partial charge on any atom is 0.253 e. The first-order chi connectivity index (χ1) is 9.11. The van der Waals surface area contributed by atoms with E-state index in [2.05, 4.69) is 11.8 Å². The number of rotatable bonds is 4. The minimum atomic E-state index is -0.175. The average molecular weight is 277 g/mol. The third kappa shape index (κ3) is 4.30. The zero-order valence-corrected chi connectivity index (χ0v) is 12.4. The van der Waals surface area contributed by atoms with Gasteiger partial charge in [0.1, 0.15) is 6.61 Å². The molecule has 0 heterocycles. The maximum atomic E-state index is 12.3. The summed E-state index contributed by atoms with van der Waals surface area (Å²) in [6, 6.07) is 5.50. The van der Waals surface area contributed by atoms with E-state index < -0.39 is 0 Å². The highest BCUT2D eigenvalue weighted by molar-refractivity contribution is 7.98. The topological polar surface area (TPSA) is 40.5 Å². The van der Waals surface area contributed by atoms with E-state index in [4.69, 9.17) is 5.11 Å². The van der Waals surface area contributed by atoms with Gasteiger partial charge in [-0.2, -0.15) is 11.8 Å². The Morgan fingerprint density at radius 1 is 1.47 bits per heavy atom. The van der Waals surface area contributed by atoms with Gasteiger partial charge in [-0.05, 0) is 30.9 Å². The standard InChI is InChI=1S/C15H19NO2S/c1-12-13(7-5-10-17)6-4-8-14(12)15(18)16(2)9-11-19-3/h4,6,8,17H,9-11H2,1-3H3. The fourth-order valence-electron chi connectivity index (χ4n) is 1.67. The summed E-state index contributed by atoms with van der Waals surface area (Å²) in [6.45, 7) is 2.44. The van der Waals surface area contributed by atoms with Crippen LogP contribution in [0.5, 0.6) is 0 Å². The normalized spacial score (nSPS) is 9.68. The van der Waals surface area contributed by atoms with Crippen LogP contribution in [0.25, 0.3) is 0 Å². The van der Waals surface area contributed by atoms with Crippen LogP contribution >= 0.6 is 11.8 Å². The molecule has 0 saturated carbocycles. The molecule has 0 saturated heterocycles. The largest absolute Gasteiger partial charge is 0.384 e. The van der Waals surface area contributed by atoms with Gasteiger partial charge in [0.05, 0.1) is 0 Å². The van der Waals surface area contributed by atoms with Crippen molar-refractivity contribution in [3.8, 4) is 11.8 Å². The lowest BCUT2D eigenvalue weighted by atomic mass is 10.0.